The molecule has 2 heteroatoms. The van der Waals surface area contributed by atoms with Gasteiger partial charge >= 0.3 is 0 Å². The minimum Gasteiger partial charge on any atom is -0.359 e. The zero-order chi connectivity index (χ0) is 12.6. The van der Waals surface area contributed by atoms with Crippen LogP contribution in [-0.2, 0) is 0 Å². The van der Waals surface area contributed by atoms with Crippen molar-refractivity contribution in [3.63, 3.8) is 0 Å². The van der Waals surface area contributed by atoms with Gasteiger partial charge in [-0.15, -0.1) is 0 Å². The second-order valence-corrected chi connectivity index (χ2v) is 3.53. The first-order chi connectivity index (χ1) is 7.91. The molecule has 2 nitrogen and oxygen atoms in total. The Morgan fingerprint density at radius 2 is 2.07 bits per heavy atom. The van der Waals surface area contributed by atoms with Gasteiger partial charge in [0.05, 0.1) is 0 Å². The molecule has 0 saturated heterocycles. The van der Waals surface area contributed by atoms with E-state index < -0.39 is 6.98 Å². The first-order valence-corrected chi connectivity index (χ1v) is 4.72. The summed E-state index contributed by atoms with van der Waals surface area (Å²) in [6, 6.07) is 7.96. The van der Waals surface area contributed by atoms with Crippen LogP contribution in [0.4, 0.5) is 5.69 Å². The van der Waals surface area contributed by atoms with E-state index in [1.165, 1.54) is 4.90 Å². The summed E-state index contributed by atoms with van der Waals surface area (Å²) >= 11 is 0. The van der Waals surface area contributed by atoms with E-state index in [0.29, 0.717) is 0 Å². The average molecular weight is 191 g/mol. The molecule has 0 unspecified atom stereocenters. The lowest BCUT2D eigenvalue weighted by Crippen LogP contribution is -2.33. The van der Waals surface area contributed by atoms with E-state index in [4.69, 9.17) is 4.11 Å². The summed E-state index contributed by atoms with van der Waals surface area (Å²) in [5.41, 5.74) is 2.18. The molecule has 0 amide bonds. The van der Waals surface area contributed by atoms with E-state index in [1.807, 2.05) is 49.2 Å². The van der Waals surface area contributed by atoms with Crippen LogP contribution in [0.25, 0.3) is 0 Å². The SMILES string of the molecule is [2H]C([2H])([2H])N1C=CN(c2ccccc2C)[C@H]1C. The monoisotopic (exact) mass is 191 g/mol. The predicted molar refractivity (Wildman–Crippen MR) is 60.0 cm³/mol. The van der Waals surface area contributed by atoms with Crippen molar-refractivity contribution in [2.24, 2.45) is 0 Å². The molecule has 1 aliphatic rings. The first-order valence-electron chi connectivity index (χ1n) is 6.22. The van der Waals surface area contributed by atoms with Crippen LogP contribution in [-0.4, -0.2) is 18.0 Å². The van der Waals surface area contributed by atoms with Crippen LogP contribution in [0.2, 0.25) is 0 Å². The maximum atomic E-state index is 7.45. The second kappa shape index (κ2) is 3.37. The van der Waals surface area contributed by atoms with Gasteiger partial charge in [-0.1, -0.05) is 18.2 Å². The summed E-state index contributed by atoms with van der Waals surface area (Å²) in [6.07, 6.45) is 3.26. The Morgan fingerprint density at radius 3 is 2.71 bits per heavy atom. The molecule has 0 aromatic heterocycles. The largest absolute Gasteiger partial charge is 0.359 e. The van der Waals surface area contributed by atoms with Crippen molar-refractivity contribution in [2.45, 2.75) is 20.0 Å². The molecular formula is C12H16N2. The van der Waals surface area contributed by atoms with Crippen molar-refractivity contribution in [2.75, 3.05) is 11.9 Å². The number of anilines is 1. The summed E-state index contributed by atoms with van der Waals surface area (Å²) in [6.45, 7) is 1.82. The van der Waals surface area contributed by atoms with Crippen LogP contribution < -0.4 is 4.90 Å². The third-order valence-corrected chi connectivity index (χ3v) is 2.59. The van der Waals surface area contributed by atoms with Crippen molar-refractivity contribution >= 4 is 5.69 Å². The quantitative estimate of drug-likeness (QED) is 0.673. The number of hydrogen-bond donors (Lipinski definition) is 0. The third-order valence-electron chi connectivity index (χ3n) is 2.59. The minimum atomic E-state index is -2.09. The molecule has 1 aliphatic heterocycles. The van der Waals surface area contributed by atoms with E-state index in [0.717, 1.165) is 11.3 Å². The van der Waals surface area contributed by atoms with Gasteiger partial charge in [-0.05, 0) is 25.5 Å². The molecule has 1 heterocycles. The van der Waals surface area contributed by atoms with E-state index in [2.05, 4.69) is 0 Å². The molecule has 0 N–H and O–H groups in total. The summed E-state index contributed by atoms with van der Waals surface area (Å²) in [5, 5.41) is 0. The van der Waals surface area contributed by atoms with Gasteiger partial charge in [-0.3, -0.25) is 0 Å². The van der Waals surface area contributed by atoms with Gasteiger partial charge in [0, 0.05) is 29.2 Å². The Bertz CT molecular complexity index is 440. The van der Waals surface area contributed by atoms with Crippen molar-refractivity contribution in [3.8, 4) is 0 Å². The Kier molecular flexibility index (Phi) is 1.47. The van der Waals surface area contributed by atoms with Crippen molar-refractivity contribution in [1.82, 2.24) is 4.90 Å². The number of nitrogens with zero attached hydrogens (tertiary/aromatic N) is 2. The number of para-hydroxylation sites is 1. The number of rotatable bonds is 1. The smallest absolute Gasteiger partial charge is 0.102 e. The van der Waals surface area contributed by atoms with Crippen LogP contribution in [0.1, 0.15) is 16.6 Å². The van der Waals surface area contributed by atoms with Gasteiger partial charge in [-0.2, -0.15) is 0 Å². The third kappa shape index (κ3) is 1.37. The molecule has 2 rings (SSSR count). The highest BCUT2D eigenvalue weighted by Crippen LogP contribution is 2.26. The lowest BCUT2D eigenvalue weighted by molar-refractivity contribution is 0.383. The van der Waals surface area contributed by atoms with Gasteiger partial charge in [0.15, 0.2) is 0 Å². The zero-order valence-electron chi connectivity index (χ0n) is 11.4. The van der Waals surface area contributed by atoms with Gasteiger partial charge in [0.2, 0.25) is 0 Å². The molecule has 0 saturated carbocycles. The topological polar surface area (TPSA) is 6.48 Å². The fourth-order valence-corrected chi connectivity index (χ4v) is 1.66. The van der Waals surface area contributed by atoms with Gasteiger partial charge in [-0.25, -0.2) is 0 Å². The maximum Gasteiger partial charge on any atom is 0.102 e. The van der Waals surface area contributed by atoms with Crippen LogP contribution in [0.5, 0.6) is 0 Å². The Hall–Kier alpha value is -1.44. The summed E-state index contributed by atoms with van der Waals surface area (Å²) in [7, 11) is 0. The summed E-state index contributed by atoms with van der Waals surface area (Å²) in [5.74, 6) is 0. The molecule has 1 aromatic carbocycles. The minimum absolute atomic E-state index is 0.191. The maximum absolute atomic E-state index is 7.45. The Balaban J connectivity index is 2.28. The highest BCUT2D eigenvalue weighted by atomic mass is 15.4. The molecule has 0 bridgehead atoms. The van der Waals surface area contributed by atoms with Gasteiger partial charge in [0.25, 0.3) is 0 Å². The van der Waals surface area contributed by atoms with Gasteiger partial charge in [0.1, 0.15) is 6.17 Å². The van der Waals surface area contributed by atoms with Crippen molar-refractivity contribution in [1.29, 1.82) is 0 Å². The summed E-state index contributed by atoms with van der Waals surface area (Å²) in [4.78, 5) is 3.36. The molecule has 0 radical (unpaired) electrons. The van der Waals surface area contributed by atoms with Crippen LogP contribution >= 0.6 is 0 Å². The molecule has 14 heavy (non-hydrogen) atoms. The molecule has 1 aromatic rings. The van der Waals surface area contributed by atoms with Crippen LogP contribution in [0.15, 0.2) is 36.7 Å². The molecule has 0 spiro atoms. The zero-order valence-corrected chi connectivity index (χ0v) is 8.44. The lowest BCUT2D eigenvalue weighted by Gasteiger charge is -2.28. The highest BCUT2D eigenvalue weighted by Gasteiger charge is 2.20. The fraction of sp³-hybridized carbons (Fsp3) is 0.333. The van der Waals surface area contributed by atoms with Crippen LogP contribution in [0, 0.1) is 6.92 Å². The fourth-order valence-electron chi connectivity index (χ4n) is 1.66. The number of benzene rings is 1. The molecule has 74 valence electrons. The lowest BCUT2D eigenvalue weighted by atomic mass is 10.2. The Morgan fingerprint density at radius 1 is 1.29 bits per heavy atom. The average Bonchev–Trinajstić information content (AvgIpc) is 2.60. The Labute approximate surface area is 89.7 Å². The normalized spacial score (nSPS) is 24.7. The molecule has 0 fully saturated rings. The predicted octanol–water partition coefficient (Wildman–Crippen LogP) is 2.56. The number of aryl methyl sites for hydroxylation is 1. The van der Waals surface area contributed by atoms with Crippen molar-refractivity contribution < 1.29 is 4.11 Å². The number of hydrogen-bond acceptors (Lipinski definition) is 2. The first kappa shape index (κ1) is 6.12. The summed E-state index contributed by atoms with van der Waals surface area (Å²) < 4.78 is 22.3. The second-order valence-electron chi connectivity index (χ2n) is 3.53. The van der Waals surface area contributed by atoms with Crippen LogP contribution in [0.3, 0.4) is 0 Å². The highest BCUT2D eigenvalue weighted by molar-refractivity contribution is 5.56. The van der Waals surface area contributed by atoms with E-state index >= 15 is 0 Å². The standard InChI is InChI=1S/C12H16N2/c1-10-6-4-5-7-12(10)14-9-8-13(3)11(14)2/h4-9,11H,1-3H3/t11-/m0/s1/i3D3. The van der Waals surface area contributed by atoms with E-state index in [9.17, 15) is 0 Å². The van der Waals surface area contributed by atoms with E-state index in [-0.39, 0.29) is 6.17 Å². The van der Waals surface area contributed by atoms with Gasteiger partial charge < -0.3 is 9.80 Å². The molecular weight excluding hydrogens is 172 g/mol. The molecule has 0 aliphatic carbocycles. The van der Waals surface area contributed by atoms with E-state index in [1.54, 1.807) is 6.20 Å². The molecule has 1 atom stereocenters. The van der Waals surface area contributed by atoms with Crippen molar-refractivity contribution in [3.05, 3.63) is 42.2 Å².